The zero-order valence-electron chi connectivity index (χ0n) is 12.7. The Bertz CT molecular complexity index is 922. The van der Waals surface area contributed by atoms with Crippen molar-refractivity contribution in [1.29, 1.82) is 0 Å². The van der Waals surface area contributed by atoms with Gasteiger partial charge in [0.25, 0.3) is 0 Å². The van der Waals surface area contributed by atoms with Crippen LogP contribution in [0, 0.1) is 0 Å². The summed E-state index contributed by atoms with van der Waals surface area (Å²) in [5.74, 6) is 0.131. The molecule has 6 nitrogen and oxygen atoms in total. The van der Waals surface area contributed by atoms with Gasteiger partial charge in [-0.2, -0.15) is 0 Å². The molecule has 1 aromatic carbocycles. The van der Waals surface area contributed by atoms with E-state index in [-0.39, 0.29) is 6.61 Å². The van der Waals surface area contributed by atoms with Gasteiger partial charge in [0, 0.05) is 36.3 Å². The van der Waals surface area contributed by atoms with Crippen LogP contribution in [0.3, 0.4) is 0 Å². The Hall–Kier alpha value is -3.02. The Morgan fingerprint density at radius 1 is 1.26 bits per heavy atom. The van der Waals surface area contributed by atoms with Gasteiger partial charge >= 0.3 is 11.6 Å². The second kappa shape index (κ2) is 6.00. The minimum absolute atomic E-state index is 0.0154. The Morgan fingerprint density at radius 2 is 2.09 bits per heavy atom. The molecule has 3 aromatic rings. The second-order valence-electron chi connectivity index (χ2n) is 5.03. The van der Waals surface area contributed by atoms with E-state index in [1.165, 1.54) is 13.2 Å². The van der Waals surface area contributed by atoms with E-state index in [4.69, 9.17) is 13.9 Å². The highest BCUT2D eigenvalue weighted by atomic mass is 16.5. The lowest BCUT2D eigenvalue weighted by Crippen LogP contribution is -2.11. The van der Waals surface area contributed by atoms with Gasteiger partial charge in [-0.3, -0.25) is 0 Å². The van der Waals surface area contributed by atoms with Crippen molar-refractivity contribution in [3.63, 3.8) is 0 Å². The number of hydrogen-bond acceptors (Lipinski definition) is 5. The van der Waals surface area contributed by atoms with Crippen LogP contribution in [-0.2, 0) is 18.4 Å². The number of esters is 1. The normalized spacial score (nSPS) is 10.7. The predicted molar refractivity (Wildman–Crippen MR) is 83.6 cm³/mol. The summed E-state index contributed by atoms with van der Waals surface area (Å²) in [5.41, 5.74) is 0.915. The lowest BCUT2D eigenvalue weighted by molar-refractivity contribution is 0.0462. The first-order valence-electron chi connectivity index (χ1n) is 6.97. The number of carbonyl (C=O) groups excluding carboxylic acids is 1. The molecule has 0 radical (unpaired) electrons. The van der Waals surface area contributed by atoms with Crippen molar-refractivity contribution < 1.29 is 18.7 Å². The van der Waals surface area contributed by atoms with Gasteiger partial charge in [0.2, 0.25) is 0 Å². The third-order valence-corrected chi connectivity index (χ3v) is 3.55. The van der Waals surface area contributed by atoms with Crippen LogP contribution in [0.4, 0.5) is 0 Å². The molecule has 0 fully saturated rings. The average Bonchev–Trinajstić information content (AvgIpc) is 2.97. The van der Waals surface area contributed by atoms with Gasteiger partial charge in [0.05, 0.1) is 7.11 Å². The van der Waals surface area contributed by atoms with Gasteiger partial charge in [-0.25, -0.2) is 9.59 Å². The van der Waals surface area contributed by atoms with Gasteiger partial charge in [0.1, 0.15) is 23.6 Å². The third kappa shape index (κ3) is 2.96. The number of methoxy groups -OCH3 is 1. The highest BCUT2D eigenvalue weighted by Gasteiger charge is 2.13. The van der Waals surface area contributed by atoms with Crippen molar-refractivity contribution in [3.8, 4) is 5.75 Å². The number of hydrogen-bond donors (Lipinski definition) is 0. The molecular weight excluding hydrogens is 298 g/mol. The molecule has 0 aliphatic carbocycles. The third-order valence-electron chi connectivity index (χ3n) is 3.55. The van der Waals surface area contributed by atoms with Gasteiger partial charge < -0.3 is 18.5 Å². The molecule has 3 rings (SSSR count). The van der Waals surface area contributed by atoms with Crippen molar-refractivity contribution in [2.75, 3.05) is 7.11 Å². The number of aryl methyl sites for hydroxylation is 1. The van der Waals surface area contributed by atoms with E-state index in [9.17, 15) is 9.59 Å². The number of ether oxygens (including phenoxy) is 2. The number of rotatable bonds is 4. The summed E-state index contributed by atoms with van der Waals surface area (Å²) in [6.07, 6.45) is 1.76. The fraction of sp³-hybridized carbons (Fsp3) is 0.176. The lowest BCUT2D eigenvalue weighted by atomic mass is 10.1. The topological polar surface area (TPSA) is 70.7 Å². The maximum Gasteiger partial charge on any atom is 0.355 e. The Morgan fingerprint density at radius 3 is 2.78 bits per heavy atom. The second-order valence-corrected chi connectivity index (χ2v) is 5.03. The predicted octanol–water partition coefficient (Wildman–Crippen LogP) is 2.50. The molecule has 0 saturated carbocycles. The molecule has 2 aromatic heterocycles. The highest BCUT2D eigenvalue weighted by Crippen LogP contribution is 2.23. The number of nitrogens with zero attached hydrogens (tertiary/aromatic N) is 1. The van der Waals surface area contributed by atoms with Gasteiger partial charge in [-0.1, -0.05) is 0 Å². The molecule has 0 amide bonds. The van der Waals surface area contributed by atoms with Crippen LogP contribution in [-0.4, -0.2) is 17.6 Å². The van der Waals surface area contributed by atoms with Crippen LogP contribution in [0.1, 0.15) is 16.1 Å². The van der Waals surface area contributed by atoms with E-state index in [2.05, 4.69) is 0 Å². The molecule has 118 valence electrons. The molecule has 0 aliphatic heterocycles. The van der Waals surface area contributed by atoms with Crippen LogP contribution in [0.25, 0.3) is 11.0 Å². The Balaban J connectivity index is 1.89. The molecule has 0 saturated heterocycles. The molecule has 2 heterocycles. The Kier molecular flexibility index (Phi) is 3.89. The minimum Gasteiger partial charge on any atom is -0.497 e. The molecule has 0 atom stereocenters. The molecule has 0 bridgehead atoms. The first kappa shape index (κ1) is 14.9. The maximum atomic E-state index is 12.1. The van der Waals surface area contributed by atoms with E-state index in [0.717, 1.165) is 0 Å². The number of fused-ring (bicyclic) bond motifs is 1. The standard InChI is InChI=1S/C17H15NO5/c1-18-7-3-4-14(18)17(20)22-10-11-8-16(19)23-15-9-12(21-2)5-6-13(11)15/h3-9H,10H2,1-2H3. The quantitative estimate of drug-likeness (QED) is 0.547. The first-order chi connectivity index (χ1) is 11.1. The molecule has 0 unspecified atom stereocenters. The average molecular weight is 313 g/mol. The molecule has 23 heavy (non-hydrogen) atoms. The summed E-state index contributed by atoms with van der Waals surface area (Å²) < 4.78 is 17.2. The molecule has 6 heteroatoms. The number of benzene rings is 1. The fourth-order valence-electron chi connectivity index (χ4n) is 2.35. The SMILES string of the molecule is COc1ccc2c(COC(=O)c3cccn3C)cc(=O)oc2c1. The van der Waals surface area contributed by atoms with Gasteiger partial charge in [-0.05, 0) is 24.3 Å². The van der Waals surface area contributed by atoms with E-state index < -0.39 is 11.6 Å². The van der Waals surface area contributed by atoms with E-state index in [1.54, 1.807) is 48.1 Å². The van der Waals surface area contributed by atoms with Crippen molar-refractivity contribution in [1.82, 2.24) is 4.57 Å². The fourth-order valence-corrected chi connectivity index (χ4v) is 2.35. The summed E-state index contributed by atoms with van der Waals surface area (Å²) in [7, 11) is 3.29. The summed E-state index contributed by atoms with van der Waals surface area (Å²) in [6, 6.07) is 9.90. The highest BCUT2D eigenvalue weighted by molar-refractivity contribution is 5.88. The minimum atomic E-state index is -0.504. The van der Waals surface area contributed by atoms with Crippen molar-refractivity contribution in [3.05, 3.63) is 64.3 Å². The zero-order chi connectivity index (χ0) is 16.4. The monoisotopic (exact) mass is 313 g/mol. The molecule has 0 aliphatic rings. The summed E-state index contributed by atoms with van der Waals surface area (Å²) in [5, 5.41) is 0.699. The lowest BCUT2D eigenvalue weighted by Gasteiger charge is -2.08. The van der Waals surface area contributed by atoms with Crippen LogP contribution < -0.4 is 10.4 Å². The largest absolute Gasteiger partial charge is 0.497 e. The van der Waals surface area contributed by atoms with Crippen molar-refractivity contribution in [2.24, 2.45) is 7.05 Å². The van der Waals surface area contributed by atoms with Crippen LogP contribution in [0.5, 0.6) is 5.75 Å². The van der Waals surface area contributed by atoms with E-state index >= 15 is 0 Å². The summed E-state index contributed by atoms with van der Waals surface area (Å²) in [6.45, 7) is -0.0154. The molecule has 0 spiro atoms. The van der Waals surface area contributed by atoms with Crippen molar-refractivity contribution in [2.45, 2.75) is 6.61 Å². The number of carbonyl (C=O) groups is 1. The maximum absolute atomic E-state index is 12.1. The molecular formula is C17H15NO5. The smallest absolute Gasteiger partial charge is 0.355 e. The Labute approximate surface area is 131 Å². The first-order valence-corrected chi connectivity index (χ1v) is 6.97. The van der Waals surface area contributed by atoms with Gasteiger partial charge in [-0.15, -0.1) is 0 Å². The van der Waals surface area contributed by atoms with Crippen LogP contribution in [0.2, 0.25) is 0 Å². The summed E-state index contributed by atoms with van der Waals surface area (Å²) >= 11 is 0. The van der Waals surface area contributed by atoms with E-state index in [0.29, 0.717) is 28.0 Å². The van der Waals surface area contributed by atoms with Crippen molar-refractivity contribution >= 4 is 16.9 Å². The van der Waals surface area contributed by atoms with Crippen LogP contribution in [0.15, 0.2) is 51.8 Å². The van der Waals surface area contributed by atoms with Gasteiger partial charge in [0.15, 0.2) is 0 Å². The van der Waals surface area contributed by atoms with Crippen LogP contribution >= 0.6 is 0 Å². The number of aromatic nitrogens is 1. The van der Waals surface area contributed by atoms with E-state index in [1.807, 2.05) is 0 Å². The molecule has 0 N–H and O–H groups in total. The zero-order valence-corrected chi connectivity index (χ0v) is 12.7. The summed E-state index contributed by atoms with van der Waals surface area (Å²) in [4.78, 5) is 23.7.